The number of hydrogen-bond acceptors (Lipinski definition) is 6. The molecule has 0 atom stereocenters. The van der Waals surface area contributed by atoms with E-state index in [0.717, 1.165) is 12.8 Å². The molecule has 0 radical (unpaired) electrons. The van der Waals surface area contributed by atoms with Crippen molar-refractivity contribution in [2.45, 2.75) is 25.8 Å². The van der Waals surface area contributed by atoms with Crippen LogP contribution in [0.2, 0.25) is 0 Å². The number of likely N-dealkylation sites (tertiary alicyclic amines) is 1. The number of aromatic amines is 1. The van der Waals surface area contributed by atoms with Crippen molar-refractivity contribution in [3.8, 4) is 0 Å². The van der Waals surface area contributed by atoms with Crippen LogP contribution in [0.1, 0.15) is 19.8 Å². The molecular weight excluding hydrogens is 250 g/mol. The van der Waals surface area contributed by atoms with Gasteiger partial charge in [-0.15, -0.1) is 0 Å². The van der Waals surface area contributed by atoms with E-state index in [0.29, 0.717) is 25.5 Å². The smallest absolute Gasteiger partial charge is 0.409 e. The van der Waals surface area contributed by atoms with Crippen molar-refractivity contribution in [2.75, 3.05) is 25.0 Å². The fourth-order valence-electron chi connectivity index (χ4n) is 2.01. The molecule has 1 aliphatic heterocycles. The van der Waals surface area contributed by atoms with Crippen molar-refractivity contribution in [3.63, 3.8) is 0 Å². The molecule has 1 saturated heterocycles. The maximum atomic E-state index is 11.5. The number of aromatic nitrogens is 3. The van der Waals surface area contributed by atoms with Gasteiger partial charge in [0.2, 0.25) is 0 Å². The Morgan fingerprint density at radius 1 is 1.58 bits per heavy atom. The second-order valence-corrected chi connectivity index (χ2v) is 4.28. The summed E-state index contributed by atoms with van der Waals surface area (Å²) >= 11 is 0. The van der Waals surface area contributed by atoms with Crippen LogP contribution >= 0.6 is 0 Å². The van der Waals surface area contributed by atoms with E-state index in [4.69, 9.17) is 4.74 Å². The number of ether oxygens (including phenoxy) is 1. The SMILES string of the molecule is CCOC(=O)N1CCC(Nc2cn[nH]c(=O)n2)CC1. The van der Waals surface area contributed by atoms with E-state index in [9.17, 15) is 9.59 Å². The van der Waals surface area contributed by atoms with Crippen LogP contribution in [0, 0.1) is 0 Å². The average molecular weight is 267 g/mol. The fraction of sp³-hybridized carbons (Fsp3) is 0.636. The van der Waals surface area contributed by atoms with Crippen LogP contribution in [-0.2, 0) is 4.74 Å². The highest BCUT2D eigenvalue weighted by Gasteiger charge is 2.23. The first-order valence-corrected chi connectivity index (χ1v) is 6.29. The Labute approximate surface area is 110 Å². The van der Waals surface area contributed by atoms with Crippen molar-refractivity contribution in [3.05, 3.63) is 16.7 Å². The lowest BCUT2D eigenvalue weighted by Gasteiger charge is -2.31. The number of carbonyl (C=O) groups excluding carboxylic acids is 1. The van der Waals surface area contributed by atoms with E-state index < -0.39 is 5.69 Å². The van der Waals surface area contributed by atoms with Crippen molar-refractivity contribution in [1.29, 1.82) is 0 Å². The van der Waals surface area contributed by atoms with Gasteiger partial charge in [-0.25, -0.2) is 14.7 Å². The van der Waals surface area contributed by atoms with Gasteiger partial charge in [0.05, 0.1) is 12.8 Å². The van der Waals surface area contributed by atoms with Crippen molar-refractivity contribution < 1.29 is 9.53 Å². The minimum atomic E-state index is -0.478. The number of hydrogen-bond donors (Lipinski definition) is 2. The number of amides is 1. The predicted octanol–water partition coefficient (Wildman–Crippen LogP) is 0.198. The van der Waals surface area contributed by atoms with Crippen LogP contribution in [0.25, 0.3) is 0 Å². The summed E-state index contributed by atoms with van der Waals surface area (Å²) in [6.45, 7) is 3.44. The van der Waals surface area contributed by atoms with Gasteiger partial charge in [0, 0.05) is 19.1 Å². The molecule has 0 aromatic carbocycles. The molecule has 0 bridgehead atoms. The molecule has 0 saturated carbocycles. The van der Waals surface area contributed by atoms with Gasteiger partial charge in [0.1, 0.15) is 0 Å². The third-order valence-corrected chi connectivity index (χ3v) is 2.94. The van der Waals surface area contributed by atoms with Crippen molar-refractivity contribution >= 4 is 11.9 Å². The standard InChI is InChI=1S/C11H17N5O3/c1-2-19-11(18)16-5-3-8(4-6-16)13-9-7-12-15-10(17)14-9/h7-8H,2-6H2,1H3,(H2,13,14,15,17). The summed E-state index contributed by atoms with van der Waals surface area (Å²) in [5, 5.41) is 9.03. The van der Waals surface area contributed by atoms with Gasteiger partial charge in [-0.05, 0) is 19.8 Å². The summed E-state index contributed by atoms with van der Waals surface area (Å²) in [6.07, 6.45) is 2.77. The summed E-state index contributed by atoms with van der Waals surface area (Å²) in [7, 11) is 0. The zero-order valence-corrected chi connectivity index (χ0v) is 10.8. The van der Waals surface area contributed by atoms with E-state index in [-0.39, 0.29) is 12.1 Å². The molecule has 1 fully saturated rings. The van der Waals surface area contributed by atoms with Crippen LogP contribution in [0.5, 0.6) is 0 Å². The second-order valence-electron chi connectivity index (χ2n) is 4.28. The number of H-pyrrole nitrogens is 1. The minimum Gasteiger partial charge on any atom is -0.450 e. The minimum absolute atomic E-state index is 0.182. The Balaban J connectivity index is 1.83. The molecule has 2 N–H and O–H groups in total. The summed E-state index contributed by atoms with van der Waals surface area (Å²) in [4.78, 5) is 28.0. The monoisotopic (exact) mass is 267 g/mol. The molecule has 1 amide bonds. The zero-order chi connectivity index (χ0) is 13.7. The van der Waals surface area contributed by atoms with E-state index in [1.54, 1.807) is 11.8 Å². The van der Waals surface area contributed by atoms with Crippen LogP contribution < -0.4 is 11.0 Å². The maximum absolute atomic E-state index is 11.5. The van der Waals surface area contributed by atoms with E-state index in [1.807, 2.05) is 0 Å². The van der Waals surface area contributed by atoms with Crippen LogP contribution in [0.15, 0.2) is 11.0 Å². The first-order chi connectivity index (χ1) is 9.19. The van der Waals surface area contributed by atoms with Crippen LogP contribution in [0.4, 0.5) is 10.6 Å². The van der Waals surface area contributed by atoms with Gasteiger partial charge in [-0.1, -0.05) is 0 Å². The third kappa shape index (κ3) is 3.67. The quantitative estimate of drug-likeness (QED) is 0.811. The number of carbonyl (C=O) groups is 1. The Bertz CT molecular complexity index is 481. The van der Waals surface area contributed by atoms with Gasteiger partial charge >= 0.3 is 11.8 Å². The van der Waals surface area contributed by atoms with Crippen LogP contribution in [-0.4, -0.2) is 51.9 Å². The Hall–Kier alpha value is -2.12. The van der Waals surface area contributed by atoms with Crippen molar-refractivity contribution in [2.24, 2.45) is 0 Å². The topological polar surface area (TPSA) is 100 Å². The molecule has 8 nitrogen and oxygen atoms in total. The average Bonchev–Trinajstić information content (AvgIpc) is 2.40. The molecular formula is C11H17N5O3. The summed E-state index contributed by atoms with van der Waals surface area (Å²) in [5.41, 5.74) is -0.478. The van der Waals surface area contributed by atoms with E-state index in [2.05, 4.69) is 20.5 Å². The molecule has 1 aromatic rings. The van der Waals surface area contributed by atoms with Gasteiger partial charge < -0.3 is 15.0 Å². The maximum Gasteiger partial charge on any atom is 0.409 e. The van der Waals surface area contributed by atoms with Crippen LogP contribution in [0.3, 0.4) is 0 Å². The largest absolute Gasteiger partial charge is 0.450 e. The Kier molecular flexibility index (Phi) is 4.32. The number of anilines is 1. The number of nitrogens with zero attached hydrogens (tertiary/aromatic N) is 3. The highest BCUT2D eigenvalue weighted by molar-refractivity contribution is 5.67. The third-order valence-electron chi connectivity index (χ3n) is 2.94. The normalized spacial score (nSPS) is 16.2. The molecule has 1 aliphatic rings. The molecule has 0 spiro atoms. The molecule has 0 unspecified atom stereocenters. The zero-order valence-electron chi connectivity index (χ0n) is 10.8. The molecule has 104 valence electrons. The summed E-state index contributed by atoms with van der Waals surface area (Å²) < 4.78 is 4.95. The van der Waals surface area contributed by atoms with Gasteiger partial charge in [-0.2, -0.15) is 10.1 Å². The fourth-order valence-corrected chi connectivity index (χ4v) is 2.01. The lowest BCUT2D eigenvalue weighted by molar-refractivity contribution is 0.0983. The van der Waals surface area contributed by atoms with Gasteiger partial charge in [0.15, 0.2) is 5.82 Å². The molecule has 1 aromatic heterocycles. The molecule has 19 heavy (non-hydrogen) atoms. The highest BCUT2D eigenvalue weighted by Crippen LogP contribution is 2.14. The number of rotatable bonds is 3. The lowest BCUT2D eigenvalue weighted by Crippen LogP contribution is -2.42. The molecule has 2 heterocycles. The second kappa shape index (κ2) is 6.17. The Morgan fingerprint density at radius 3 is 2.95 bits per heavy atom. The lowest BCUT2D eigenvalue weighted by atomic mass is 10.1. The number of nitrogens with one attached hydrogen (secondary N) is 2. The first-order valence-electron chi connectivity index (χ1n) is 6.29. The summed E-state index contributed by atoms with van der Waals surface area (Å²) in [5.74, 6) is 0.457. The molecule has 8 heteroatoms. The van der Waals surface area contributed by atoms with Gasteiger partial charge in [0.25, 0.3) is 0 Å². The molecule has 0 aliphatic carbocycles. The highest BCUT2D eigenvalue weighted by atomic mass is 16.6. The van der Waals surface area contributed by atoms with E-state index in [1.165, 1.54) is 6.20 Å². The first kappa shape index (κ1) is 13.3. The van der Waals surface area contributed by atoms with Crippen molar-refractivity contribution in [1.82, 2.24) is 20.1 Å². The Morgan fingerprint density at radius 2 is 2.32 bits per heavy atom. The molecule has 2 rings (SSSR count). The summed E-state index contributed by atoms with van der Waals surface area (Å²) in [6, 6.07) is 0.182. The number of piperidine rings is 1. The predicted molar refractivity (Wildman–Crippen MR) is 67.9 cm³/mol. The van der Waals surface area contributed by atoms with E-state index >= 15 is 0 Å². The van der Waals surface area contributed by atoms with Gasteiger partial charge in [-0.3, -0.25) is 0 Å².